The molecule has 2 rings (SSSR count). The molecule has 0 aliphatic carbocycles. The molecule has 4 heteroatoms. The molecule has 0 saturated carbocycles. The molecule has 1 aliphatic rings. The first kappa shape index (κ1) is 11.4. The van der Waals surface area contributed by atoms with E-state index in [-0.39, 0.29) is 18.3 Å². The maximum absolute atomic E-state index is 11.3. The van der Waals surface area contributed by atoms with Gasteiger partial charge in [0.2, 0.25) is 5.91 Å². The van der Waals surface area contributed by atoms with Crippen LogP contribution >= 0.6 is 0 Å². The van der Waals surface area contributed by atoms with Crippen LogP contribution in [0.15, 0.2) is 24.3 Å². The van der Waals surface area contributed by atoms with Gasteiger partial charge in [0, 0.05) is 0 Å². The topological polar surface area (TPSA) is 55.4 Å². The van der Waals surface area contributed by atoms with Crippen LogP contribution in [0.4, 0.5) is 5.69 Å². The molecule has 0 fully saturated rings. The number of amides is 1. The summed E-state index contributed by atoms with van der Waals surface area (Å²) in [5, 5.41) is 2.81. The van der Waals surface area contributed by atoms with Crippen molar-refractivity contribution in [1.82, 2.24) is 0 Å². The second-order valence-electron chi connectivity index (χ2n) is 3.79. The van der Waals surface area contributed by atoms with Gasteiger partial charge in [-0.2, -0.15) is 0 Å². The van der Waals surface area contributed by atoms with Crippen LogP contribution in [-0.2, 0) is 20.7 Å². The number of carbonyl (C=O) groups is 2. The lowest BCUT2D eigenvalue weighted by Gasteiger charge is -2.03. The molecule has 1 aromatic rings. The van der Waals surface area contributed by atoms with Gasteiger partial charge < -0.3 is 10.1 Å². The number of hydrogen-bond donors (Lipinski definition) is 1. The van der Waals surface area contributed by atoms with Crippen LogP contribution in [0.1, 0.15) is 17.5 Å². The van der Waals surface area contributed by atoms with Crippen molar-refractivity contribution in [1.29, 1.82) is 0 Å². The lowest BCUT2D eigenvalue weighted by atomic mass is 10.1. The first-order valence-corrected chi connectivity index (χ1v) is 5.36. The molecule has 1 N–H and O–H groups in total. The van der Waals surface area contributed by atoms with E-state index >= 15 is 0 Å². The van der Waals surface area contributed by atoms with Gasteiger partial charge in [-0.1, -0.05) is 30.4 Å². The Labute approximate surface area is 99.3 Å². The van der Waals surface area contributed by atoms with Gasteiger partial charge in [-0.3, -0.25) is 9.59 Å². The predicted octanol–water partition coefficient (Wildman–Crippen LogP) is 1.76. The van der Waals surface area contributed by atoms with Gasteiger partial charge in [0.25, 0.3) is 0 Å². The van der Waals surface area contributed by atoms with Crippen LogP contribution in [0.5, 0.6) is 0 Å². The molecule has 0 atom stereocenters. The van der Waals surface area contributed by atoms with E-state index in [0.717, 1.165) is 16.8 Å². The molecule has 0 saturated heterocycles. The molecule has 0 aromatic heterocycles. The van der Waals surface area contributed by atoms with Crippen LogP contribution in [-0.4, -0.2) is 19.0 Å². The molecule has 0 radical (unpaired) electrons. The van der Waals surface area contributed by atoms with Crippen LogP contribution < -0.4 is 5.32 Å². The van der Waals surface area contributed by atoms with Gasteiger partial charge >= 0.3 is 5.97 Å². The summed E-state index contributed by atoms with van der Waals surface area (Å²) >= 11 is 0. The van der Waals surface area contributed by atoms with Gasteiger partial charge in [0.05, 0.1) is 25.6 Å². The number of ether oxygens (including phenoxy) is 1. The quantitative estimate of drug-likeness (QED) is 0.806. The van der Waals surface area contributed by atoms with E-state index in [9.17, 15) is 9.59 Å². The number of fused-ring (bicyclic) bond motifs is 1. The molecular formula is C13H13NO3. The maximum atomic E-state index is 11.3. The molecule has 1 amide bonds. The third-order valence-electron chi connectivity index (χ3n) is 2.61. The number of benzene rings is 1. The summed E-state index contributed by atoms with van der Waals surface area (Å²) in [6.07, 6.45) is 4.20. The van der Waals surface area contributed by atoms with E-state index in [2.05, 4.69) is 10.1 Å². The maximum Gasteiger partial charge on any atom is 0.309 e. The normalized spacial score (nSPS) is 13.6. The fourth-order valence-electron chi connectivity index (χ4n) is 1.78. The van der Waals surface area contributed by atoms with E-state index in [1.807, 2.05) is 24.3 Å². The second kappa shape index (κ2) is 4.82. The molecule has 0 unspecified atom stereocenters. The number of esters is 1. The summed E-state index contributed by atoms with van der Waals surface area (Å²) in [4.78, 5) is 22.2. The van der Waals surface area contributed by atoms with Crippen molar-refractivity contribution in [2.45, 2.75) is 12.8 Å². The van der Waals surface area contributed by atoms with Crippen LogP contribution in [0.25, 0.3) is 6.08 Å². The van der Waals surface area contributed by atoms with Gasteiger partial charge in [0.15, 0.2) is 0 Å². The Balaban J connectivity index is 2.15. The zero-order valence-electron chi connectivity index (χ0n) is 9.53. The Morgan fingerprint density at radius 1 is 1.53 bits per heavy atom. The minimum atomic E-state index is -0.280. The Hall–Kier alpha value is -2.10. The summed E-state index contributed by atoms with van der Waals surface area (Å²) < 4.78 is 4.54. The van der Waals surface area contributed by atoms with Crippen molar-refractivity contribution >= 4 is 23.6 Å². The Kier molecular flexibility index (Phi) is 3.23. The summed E-state index contributed by atoms with van der Waals surface area (Å²) in [6, 6.07) is 5.72. The minimum absolute atomic E-state index is 0.00816. The lowest BCUT2D eigenvalue weighted by molar-refractivity contribution is -0.139. The number of rotatable bonds is 3. The molecule has 1 aromatic carbocycles. The van der Waals surface area contributed by atoms with E-state index in [0.29, 0.717) is 6.42 Å². The summed E-state index contributed by atoms with van der Waals surface area (Å²) in [6.45, 7) is 0. The molecule has 0 bridgehead atoms. The number of anilines is 1. The molecule has 88 valence electrons. The Morgan fingerprint density at radius 3 is 3.12 bits per heavy atom. The number of para-hydroxylation sites is 1. The van der Waals surface area contributed by atoms with Crippen molar-refractivity contribution in [3.8, 4) is 0 Å². The highest BCUT2D eigenvalue weighted by molar-refractivity contribution is 6.01. The van der Waals surface area contributed by atoms with Gasteiger partial charge in [-0.15, -0.1) is 0 Å². The summed E-state index contributed by atoms with van der Waals surface area (Å²) in [5.41, 5.74) is 2.76. The highest BCUT2D eigenvalue weighted by Gasteiger charge is 2.18. The van der Waals surface area contributed by atoms with Crippen LogP contribution in [0.3, 0.4) is 0 Å². The second-order valence-corrected chi connectivity index (χ2v) is 3.79. The molecular weight excluding hydrogens is 218 g/mol. The average molecular weight is 231 g/mol. The average Bonchev–Trinajstić information content (AvgIpc) is 2.70. The standard InChI is InChI=1S/C13H13NO3/c1-17-12(16)7-3-5-9-4-2-6-10-8-11(15)14-13(9)10/h2-6H,7-8H2,1H3,(H,14,15). The highest BCUT2D eigenvalue weighted by atomic mass is 16.5. The monoisotopic (exact) mass is 231 g/mol. The molecule has 1 heterocycles. The van der Waals surface area contributed by atoms with Crippen molar-refractivity contribution in [3.05, 3.63) is 35.4 Å². The number of carbonyl (C=O) groups excluding carboxylic acids is 2. The number of methoxy groups -OCH3 is 1. The third-order valence-corrected chi connectivity index (χ3v) is 2.61. The van der Waals surface area contributed by atoms with Gasteiger partial charge in [0.1, 0.15) is 0 Å². The van der Waals surface area contributed by atoms with E-state index in [1.54, 1.807) is 6.08 Å². The van der Waals surface area contributed by atoms with Crippen LogP contribution in [0, 0.1) is 0 Å². The first-order valence-electron chi connectivity index (χ1n) is 5.36. The van der Waals surface area contributed by atoms with Crippen molar-refractivity contribution < 1.29 is 14.3 Å². The lowest BCUT2D eigenvalue weighted by Crippen LogP contribution is -2.04. The Bertz CT molecular complexity index is 491. The fraction of sp³-hybridized carbons (Fsp3) is 0.231. The predicted molar refractivity (Wildman–Crippen MR) is 64.4 cm³/mol. The number of nitrogens with one attached hydrogen (secondary N) is 1. The largest absolute Gasteiger partial charge is 0.469 e. The summed E-state index contributed by atoms with van der Waals surface area (Å²) in [7, 11) is 1.36. The zero-order valence-corrected chi connectivity index (χ0v) is 9.53. The van der Waals surface area contributed by atoms with Crippen molar-refractivity contribution in [3.63, 3.8) is 0 Å². The van der Waals surface area contributed by atoms with Crippen molar-refractivity contribution in [2.75, 3.05) is 12.4 Å². The van der Waals surface area contributed by atoms with Gasteiger partial charge in [-0.05, 0) is 11.1 Å². The fourth-order valence-corrected chi connectivity index (χ4v) is 1.78. The van der Waals surface area contributed by atoms with Crippen LogP contribution in [0.2, 0.25) is 0 Å². The molecule has 4 nitrogen and oxygen atoms in total. The van der Waals surface area contributed by atoms with Gasteiger partial charge in [-0.25, -0.2) is 0 Å². The minimum Gasteiger partial charge on any atom is -0.469 e. The smallest absolute Gasteiger partial charge is 0.309 e. The molecule has 0 spiro atoms. The third kappa shape index (κ3) is 2.53. The van der Waals surface area contributed by atoms with E-state index in [1.165, 1.54) is 7.11 Å². The zero-order chi connectivity index (χ0) is 12.3. The Morgan fingerprint density at radius 2 is 2.35 bits per heavy atom. The highest BCUT2D eigenvalue weighted by Crippen LogP contribution is 2.27. The van der Waals surface area contributed by atoms with E-state index < -0.39 is 0 Å². The number of hydrogen-bond acceptors (Lipinski definition) is 3. The van der Waals surface area contributed by atoms with E-state index in [4.69, 9.17) is 0 Å². The first-order chi connectivity index (χ1) is 8.20. The van der Waals surface area contributed by atoms with Crippen molar-refractivity contribution in [2.24, 2.45) is 0 Å². The summed E-state index contributed by atoms with van der Waals surface area (Å²) in [5.74, 6) is -0.272. The SMILES string of the molecule is COC(=O)CC=Cc1cccc2c1NC(=O)C2. The molecule has 17 heavy (non-hydrogen) atoms. The molecule has 1 aliphatic heterocycles.